The molecule has 0 aliphatic carbocycles. The lowest BCUT2D eigenvalue weighted by Crippen LogP contribution is -2.49. The summed E-state index contributed by atoms with van der Waals surface area (Å²) in [6, 6.07) is 12.2. The molecule has 0 saturated carbocycles. The molecule has 34 heavy (non-hydrogen) atoms. The molecule has 6 nitrogen and oxygen atoms in total. The minimum absolute atomic E-state index is 0.0220. The lowest BCUT2D eigenvalue weighted by molar-refractivity contribution is 0.376. The van der Waals surface area contributed by atoms with Gasteiger partial charge in [0.1, 0.15) is 5.75 Å². The molecule has 0 atom stereocenters. The lowest BCUT2D eigenvalue weighted by Gasteiger charge is -2.35. The van der Waals surface area contributed by atoms with E-state index in [1.807, 2.05) is 0 Å². The maximum atomic E-state index is 15.2. The van der Waals surface area contributed by atoms with Crippen LogP contribution in [0.4, 0.5) is 19.0 Å². The van der Waals surface area contributed by atoms with E-state index in [0.29, 0.717) is 27.4 Å². The van der Waals surface area contributed by atoms with Gasteiger partial charge in [0.25, 0.3) is 5.95 Å². The maximum absolute atomic E-state index is 15.2. The molecule has 1 aliphatic heterocycles. The Kier molecular flexibility index (Phi) is 7.27. The summed E-state index contributed by atoms with van der Waals surface area (Å²) in [5.74, 6) is -3.67. The molecule has 0 bridgehead atoms. The van der Waals surface area contributed by atoms with Crippen LogP contribution in [0.15, 0.2) is 63.2 Å². The minimum Gasteiger partial charge on any atom is -0.497 e. The van der Waals surface area contributed by atoms with E-state index in [0.717, 1.165) is 0 Å². The fourth-order valence-corrected chi connectivity index (χ4v) is 5.85. The Balaban J connectivity index is 1.53. The summed E-state index contributed by atoms with van der Waals surface area (Å²) in [5.41, 5.74) is 0. The van der Waals surface area contributed by atoms with Crippen LogP contribution in [0.25, 0.3) is 0 Å². The van der Waals surface area contributed by atoms with E-state index < -0.39 is 32.5 Å². The molecule has 1 aliphatic rings. The van der Waals surface area contributed by atoms with Crippen LogP contribution in [0.2, 0.25) is 5.02 Å². The number of rotatable bonds is 6. The van der Waals surface area contributed by atoms with Gasteiger partial charge in [0.2, 0.25) is 10.0 Å². The number of hydrogen-bond donors (Lipinski definition) is 0. The normalized spacial score (nSPS) is 14.9. The second-order valence-corrected chi connectivity index (χ2v) is 10.8. The number of nitrogens with zero attached hydrogens (tertiary/aromatic N) is 3. The molecule has 0 N–H and O–H groups in total. The fraction of sp³-hybridized carbons (Fsp3) is 0.227. The molecule has 0 spiro atoms. The highest BCUT2D eigenvalue weighted by atomic mass is 35.5. The standard InChI is InChI=1S/C22H19ClF3N3O3S2/c1-32-15-4-8-17(9-5-15)34(30,31)29-12-10-28(11-13-29)22-19(25)20(18(24)21(26)27-22)33-16-6-2-14(23)3-7-16/h2-9H,10-13H2,1H3. The van der Waals surface area contributed by atoms with Crippen molar-refractivity contribution < 1.29 is 26.3 Å². The lowest BCUT2D eigenvalue weighted by atomic mass is 10.3. The Morgan fingerprint density at radius 2 is 1.56 bits per heavy atom. The molecule has 180 valence electrons. The SMILES string of the molecule is COc1ccc(S(=O)(=O)N2CCN(c3nc(F)c(F)c(Sc4ccc(Cl)cc4)c3F)CC2)cc1. The molecule has 4 rings (SSSR count). The summed E-state index contributed by atoms with van der Waals surface area (Å²) < 4.78 is 76.1. The summed E-state index contributed by atoms with van der Waals surface area (Å²) >= 11 is 6.55. The molecule has 2 heterocycles. The van der Waals surface area contributed by atoms with Crippen LogP contribution in [0.1, 0.15) is 0 Å². The number of aromatic nitrogens is 1. The summed E-state index contributed by atoms with van der Waals surface area (Å²) in [6.07, 6.45) is 0. The van der Waals surface area contributed by atoms with Gasteiger partial charge < -0.3 is 9.64 Å². The number of benzene rings is 2. The van der Waals surface area contributed by atoms with Crippen LogP contribution in [0.3, 0.4) is 0 Å². The van der Waals surface area contributed by atoms with Gasteiger partial charge in [-0.1, -0.05) is 23.4 Å². The van der Waals surface area contributed by atoms with Gasteiger partial charge >= 0.3 is 0 Å². The van der Waals surface area contributed by atoms with Crippen LogP contribution >= 0.6 is 23.4 Å². The number of methoxy groups -OCH3 is 1. The molecule has 1 fully saturated rings. The molecule has 0 amide bonds. The van der Waals surface area contributed by atoms with Crippen molar-refractivity contribution in [1.29, 1.82) is 0 Å². The van der Waals surface area contributed by atoms with Crippen molar-refractivity contribution in [2.45, 2.75) is 14.7 Å². The highest BCUT2D eigenvalue weighted by molar-refractivity contribution is 7.99. The third-order valence-electron chi connectivity index (χ3n) is 5.25. The Bertz CT molecular complexity index is 1290. The maximum Gasteiger partial charge on any atom is 0.252 e. The van der Waals surface area contributed by atoms with E-state index in [2.05, 4.69) is 4.98 Å². The van der Waals surface area contributed by atoms with E-state index in [1.54, 1.807) is 36.4 Å². The molecule has 2 aromatic carbocycles. The van der Waals surface area contributed by atoms with Gasteiger partial charge in [-0.25, -0.2) is 17.2 Å². The first-order chi connectivity index (χ1) is 16.2. The molecule has 1 aromatic heterocycles. The topological polar surface area (TPSA) is 62.7 Å². The van der Waals surface area contributed by atoms with Crippen molar-refractivity contribution in [3.63, 3.8) is 0 Å². The molecular weight excluding hydrogens is 511 g/mol. The number of pyridine rings is 1. The number of sulfonamides is 1. The predicted molar refractivity (Wildman–Crippen MR) is 124 cm³/mol. The van der Waals surface area contributed by atoms with E-state index in [1.165, 1.54) is 28.4 Å². The van der Waals surface area contributed by atoms with Crippen molar-refractivity contribution in [1.82, 2.24) is 9.29 Å². The van der Waals surface area contributed by atoms with E-state index in [-0.39, 0.29) is 36.9 Å². The van der Waals surface area contributed by atoms with Crippen molar-refractivity contribution in [3.8, 4) is 5.75 Å². The Hall–Kier alpha value is -2.47. The quantitative estimate of drug-likeness (QED) is 0.427. The molecule has 12 heteroatoms. The number of ether oxygens (including phenoxy) is 1. The Labute approximate surface area is 204 Å². The Morgan fingerprint density at radius 3 is 2.15 bits per heavy atom. The van der Waals surface area contributed by atoms with E-state index in [4.69, 9.17) is 16.3 Å². The number of halogens is 4. The minimum atomic E-state index is -3.78. The number of hydrogen-bond acceptors (Lipinski definition) is 6. The van der Waals surface area contributed by atoms with Gasteiger partial charge in [0, 0.05) is 36.1 Å². The van der Waals surface area contributed by atoms with E-state index in [9.17, 15) is 17.2 Å². The summed E-state index contributed by atoms with van der Waals surface area (Å²) in [4.78, 5) is 4.91. The first-order valence-corrected chi connectivity index (χ1v) is 12.7. The van der Waals surface area contributed by atoms with Gasteiger partial charge in [0.15, 0.2) is 17.5 Å². The van der Waals surface area contributed by atoms with Gasteiger partial charge in [0.05, 0.1) is 16.9 Å². The fourth-order valence-electron chi connectivity index (χ4n) is 3.44. The predicted octanol–water partition coefficient (Wildman–Crippen LogP) is 4.82. The highest BCUT2D eigenvalue weighted by Gasteiger charge is 2.32. The Morgan fingerprint density at radius 1 is 0.941 bits per heavy atom. The van der Waals surface area contributed by atoms with E-state index >= 15 is 4.39 Å². The van der Waals surface area contributed by atoms with Crippen LogP contribution in [-0.2, 0) is 10.0 Å². The zero-order valence-electron chi connectivity index (χ0n) is 17.8. The van der Waals surface area contributed by atoms with Crippen LogP contribution < -0.4 is 9.64 Å². The number of anilines is 1. The van der Waals surface area contributed by atoms with Crippen molar-refractivity contribution in [2.75, 3.05) is 38.2 Å². The largest absolute Gasteiger partial charge is 0.497 e. The highest BCUT2D eigenvalue weighted by Crippen LogP contribution is 2.37. The van der Waals surface area contributed by atoms with Crippen LogP contribution in [0.5, 0.6) is 5.75 Å². The average Bonchev–Trinajstić information content (AvgIpc) is 2.85. The zero-order valence-corrected chi connectivity index (χ0v) is 20.2. The molecule has 3 aromatic rings. The number of piperazine rings is 1. The summed E-state index contributed by atoms with van der Waals surface area (Å²) in [7, 11) is -2.30. The first-order valence-electron chi connectivity index (χ1n) is 10.1. The smallest absolute Gasteiger partial charge is 0.252 e. The van der Waals surface area contributed by atoms with Crippen molar-refractivity contribution in [3.05, 3.63) is 71.1 Å². The summed E-state index contributed by atoms with van der Waals surface area (Å²) in [6.45, 7) is 0.146. The average molecular weight is 530 g/mol. The van der Waals surface area contributed by atoms with Gasteiger partial charge in [-0.05, 0) is 48.5 Å². The second-order valence-electron chi connectivity index (χ2n) is 7.31. The summed E-state index contributed by atoms with van der Waals surface area (Å²) in [5, 5.41) is 0.453. The van der Waals surface area contributed by atoms with Gasteiger partial charge in [-0.15, -0.1) is 0 Å². The molecular formula is C22H19ClF3N3O3S2. The molecule has 0 radical (unpaired) electrons. The monoisotopic (exact) mass is 529 g/mol. The van der Waals surface area contributed by atoms with Crippen molar-refractivity contribution >= 4 is 39.2 Å². The molecule has 1 saturated heterocycles. The van der Waals surface area contributed by atoms with Gasteiger partial charge in [-0.3, -0.25) is 0 Å². The van der Waals surface area contributed by atoms with Crippen LogP contribution in [0, 0.1) is 17.6 Å². The second kappa shape index (κ2) is 10.0. The third kappa shape index (κ3) is 4.97. The van der Waals surface area contributed by atoms with Gasteiger partial charge in [-0.2, -0.15) is 13.7 Å². The first kappa shape index (κ1) is 24.6. The molecule has 0 unspecified atom stereocenters. The zero-order chi connectivity index (χ0) is 24.5. The van der Waals surface area contributed by atoms with Crippen molar-refractivity contribution in [2.24, 2.45) is 0 Å². The third-order valence-corrected chi connectivity index (χ3v) is 8.48. The van der Waals surface area contributed by atoms with Crippen LogP contribution in [-0.4, -0.2) is 51.0 Å².